The molecule has 0 radical (unpaired) electrons. The molecule has 0 atom stereocenters. The standard InChI is InChI=1S/C12H16BrNO/c1-12(8-14-9-12)15-6-5-10-3-2-4-11(13)7-10/h2-4,7,14H,5-6,8-9H2,1H3. The van der Waals surface area contributed by atoms with Gasteiger partial charge in [-0.25, -0.2) is 0 Å². The maximum Gasteiger partial charge on any atom is 0.0901 e. The maximum absolute atomic E-state index is 5.83. The van der Waals surface area contributed by atoms with Crippen molar-refractivity contribution in [2.75, 3.05) is 19.7 Å². The molecule has 0 aliphatic carbocycles. The van der Waals surface area contributed by atoms with Crippen molar-refractivity contribution in [2.45, 2.75) is 18.9 Å². The van der Waals surface area contributed by atoms with E-state index in [1.54, 1.807) is 0 Å². The molecule has 0 bridgehead atoms. The predicted molar refractivity (Wildman–Crippen MR) is 65.1 cm³/mol. The highest BCUT2D eigenvalue weighted by molar-refractivity contribution is 9.10. The normalized spacial score (nSPS) is 18.5. The smallest absolute Gasteiger partial charge is 0.0901 e. The Morgan fingerprint density at radius 2 is 2.27 bits per heavy atom. The fourth-order valence-electron chi connectivity index (χ4n) is 1.69. The molecule has 1 N–H and O–H groups in total. The van der Waals surface area contributed by atoms with E-state index in [2.05, 4.69) is 46.4 Å². The molecule has 1 aromatic rings. The van der Waals surface area contributed by atoms with E-state index in [1.165, 1.54) is 5.56 Å². The molecule has 1 aliphatic heterocycles. The summed E-state index contributed by atoms with van der Waals surface area (Å²) in [4.78, 5) is 0. The highest BCUT2D eigenvalue weighted by Gasteiger charge is 2.31. The summed E-state index contributed by atoms with van der Waals surface area (Å²) in [6.07, 6.45) is 0.981. The molecule has 0 aromatic heterocycles. The average Bonchev–Trinajstić information content (AvgIpc) is 2.15. The van der Waals surface area contributed by atoms with Crippen LogP contribution in [0.4, 0.5) is 0 Å². The fraction of sp³-hybridized carbons (Fsp3) is 0.500. The summed E-state index contributed by atoms with van der Waals surface area (Å²) in [6, 6.07) is 8.38. The Morgan fingerprint density at radius 1 is 1.47 bits per heavy atom. The lowest BCUT2D eigenvalue weighted by Gasteiger charge is -2.39. The van der Waals surface area contributed by atoms with E-state index in [0.29, 0.717) is 0 Å². The molecule has 0 unspecified atom stereocenters. The summed E-state index contributed by atoms with van der Waals surface area (Å²) in [6.45, 7) is 4.91. The highest BCUT2D eigenvalue weighted by atomic mass is 79.9. The SMILES string of the molecule is CC1(OCCc2cccc(Br)c2)CNC1. The summed E-state index contributed by atoms with van der Waals surface area (Å²) in [5, 5.41) is 3.23. The van der Waals surface area contributed by atoms with Crippen molar-refractivity contribution in [1.82, 2.24) is 5.32 Å². The quantitative estimate of drug-likeness (QED) is 0.907. The van der Waals surface area contributed by atoms with Crippen molar-refractivity contribution < 1.29 is 4.74 Å². The molecule has 1 fully saturated rings. The van der Waals surface area contributed by atoms with Crippen LogP contribution in [0, 0.1) is 0 Å². The lowest BCUT2D eigenvalue weighted by molar-refractivity contribution is -0.0652. The molecule has 2 nitrogen and oxygen atoms in total. The predicted octanol–water partition coefficient (Wildman–Crippen LogP) is 2.37. The minimum absolute atomic E-state index is 0.0754. The van der Waals surface area contributed by atoms with Gasteiger partial charge in [0.15, 0.2) is 0 Å². The summed E-state index contributed by atoms with van der Waals surface area (Å²) >= 11 is 3.47. The van der Waals surface area contributed by atoms with Gasteiger partial charge in [-0.3, -0.25) is 0 Å². The van der Waals surface area contributed by atoms with Crippen LogP contribution < -0.4 is 5.32 Å². The molecule has 15 heavy (non-hydrogen) atoms. The van der Waals surface area contributed by atoms with Crippen molar-refractivity contribution >= 4 is 15.9 Å². The van der Waals surface area contributed by atoms with E-state index in [0.717, 1.165) is 30.6 Å². The Hall–Kier alpha value is -0.380. The van der Waals surface area contributed by atoms with Crippen molar-refractivity contribution in [3.05, 3.63) is 34.3 Å². The molecule has 0 spiro atoms. The molecule has 1 aromatic carbocycles. The van der Waals surface area contributed by atoms with Gasteiger partial charge in [0, 0.05) is 17.6 Å². The zero-order chi connectivity index (χ0) is 10.7. The summed E-state index contributed by atoms with van der Waals surface area (Å²) in [5.74, 6) is 0. The van der Waals surface area contributed by atoms with E-state index in [-0.39, 0.29) is 5.60 Å². The number of hydrogen-bond donors (Lipinski definition) is 1. The topological polar surface area (TPSA) is 21.3 Å². The van der Waals surface area contributed by atoms with E-state index in [1.807, 2.05) is 6.07 Å². The van der Waals surface area contributed by atoms with Gasteiger partial charge in [0.1, 0.15) is 0 Å². The number of ether oxygens (including phenoxy) is 1. The van der Waals surface area contributed by atoms with Crippen molar-refractivity contribution in [3.8, 4) is 0 Å². The number of benzene rings is 1. The van der Waals surface area contributed by atoms with Crippen molar-refractivity contribution in [3.63, 3.8) is 0 Å². The van der Waals surface area contributed by atoms with Gasteiger partial charge in [-0.1, -0.05) is 28.1 Å². The van der Waals surface area contributed by atoms with E-state index >= 15 is 0 Å². The van der Waals surface area contributed by atoms with Gasteiger partial charge in [0.25, 0.3) is 0 Å². The number of rotatable bonds is 4. The van der Waals surface area contributed by atoms with Crippen LogP contribution >= 0.6 is 15.9 Å². The molecule has 3 heteroatoms. The number of nitrogens with one attached hydrogen (secondary N) is 1. The molecule has 0 amide bonds. The van der Waals surface area contributed by atoms with E-state index in [4.69, 9.17) is 4.74 Å². The lowest BCUT2D eigenvalue weighted by Crippen LogP contribution is -2.59. The summed E-state index contributed by atoms with van der Waals surface area (Å²) < 4.78 is 6.97. The van der Waals surface area contributed by atoms with Gasteiger partial charge < -0.3 is 10.1 Å². The van der Waals surface area contributed by atoms with Crippen LogP contribution in [0.25, 0.3) is 0 Å². The van der Waals surface area contributed by atoms with Gasteiger partial charge >= 0.3 is 0 Å². The zero-order valence-electron chi connectivity index (χ0n) is 8.92. The van der Waals surface area contributed by atoms with Gasteiger partial charge in [-0.05, 0) is 31.0 Å². The Balaban J connectivity index is 1.78. The van der Waals surface area contributed by atoms with Crippen molar-refractivity contribution in [2.24, 2.45) is 0 Å². The second-order valence-corrected chi connectivity index (χ2v) is 5.20. The summed E-state index contributed by atoms with van der Waals surface area (Å²) in [5.41, 5.74) is 1.40. The second kappa shape index (κ2) is 4.64. The molecule has 0 saturated carbocycles. The largest absolute Gasteiger partial charge is 0.372 e. The highest BCUT2D eigenvalue weighted by Crippen LogP contribution is 2.17. The van der Waals surface area contributed by atoms with Gasteiger partial charge in [0.2, 0.25) is 0 Å². The Kier molecular flexibility index (Phi) is 3.44. The Morgan fingerprint density at radius 3 is 2.87 bits per heavy atom. The Bertz CT molecular complexity index is 336. The third kappa shape index (κ3) is 3.03. The van der Waals surface area contributed by atoms with Crippen LogP contribution in [0.3, 0.4) is 0 Å². The van der Waals surface area contributed by atoms with Crippen LogP contribution in [0.15, 0.2) is 28.7 Å². The maximum atomic E-state index is 5.83. The van der Waals surface area contributed by atoms with Crippen LogP contribution in [0.5, 0.6) is 0 Å². The zero-order valence-corrected chi connectivity index (χ0v) is 10.5. The molecular weight excluding hydrogens is 254 g/mol. The van der Waals surface area contributed by atoms with Crippen LogP contribution in [-0.4, -0.2) is 25.3 Å². The summed E-state index contributed by atoms with van der Waals surface area (Å²) in [7, 11) is 0. The first-order valence-electron chi connectivity index (χ1n) is 5.27. The molecular formula is C12H16BrNO. The molecule has 1 aliphatic rings. The number of halogens is 1. The van der Waals surface area contributed by atoms with Crippen LogP contribution in [0.1, 0.15) is 12.5 Å². The monoisotopic (exact) mass is 269 g/mol. The van der Waals surface area contributed by atoms with Crippen molar-refractivity contribution in [1.29, 1.82) is 0 Å². The third-order valence-electron chi connectivity index (χ3n) is 2.73. The molecule has 1 heterocycles. The minimum atomic E-state index is 0.0754. The second-order valence-electron chi connectivity index (χ2n) is 4.28. The van der Waals surface area contributed by atoms with E-state index < -0.39 is 0 Å². The molecule has 82 valence electrons. The molecule has 2 rings (SSSR count). The van der Waals surface area contributed by atoms with E-state index in [9.17, 15) is 0 Å². The molecule has 1 saturated heterocycles. The van der Waals surface area contributed by atoms with Crippen LogP contribution in [0.2, 0.25) is 0 Å². The van der Waals surface area contributed by atoms with Crippen LogP contribution in [-0.2, 0) is 11.2 Å². The number of hydrogen-bond acceptors (Lipinski definition) is 2. The first-order chi connectivity index (χ1) is 7.18. The lowest BCUT2D eigenvalue weighted by atomic mass is 10.00. The minimum Gasteiger partial charge on any atom is -0.372 e. The van der Waals surface area contributed by atoms with Gasteiger partial charge in [-0.15, -0.1) is 0 Å². The Labute approximate surface area is 99.1 Å². The third-order valence-corrected chi connectivity index (χ3v) is 3.22. The fourth-order valence-corrected chi connectivity index (χ4v) is 2.13. The first-order valence-corrected chi connectivity index (χ1v) is 6.06. The average molecular weight is 270 g/mol. The first kappa shape index (κ1) is 11.1. The van der Waals surface area contributed by atoms with Gasteiger partial charge in [0.05, 0.1) is 12.2 Å². The van der Waals surface area contributed by atoms with Gasteiger partial charge in [-0.2, -0.15) is 0 Å².